The molecule has 2 heterocycles. The van der Waals surface area contributed by atoms with Crippen LogP contribution in [0, 0.1) is 11.7 Å². The number of benzene rings is 1. The molecule has 0 saturated carbocycles. The van der Waals surface area contributed by atoms with Crippen LogP contribution in [0.5, 0.6) is 0 Å². The highest BCUT2D eigenvalue weighted by Gasteiger charge is 2.30. The maximum Gasteiger partial charge on any atom is 0.227 e. The predicted octanol–water partition coefficient (Wildman–Crippen LogP) is 3.15. The van der Waals surface area contributed by atoms with Crippen molar-refractivity contribution in [2.45, 2.75) is 52.0 Å². The highest BCUT2D eigenvalue weighted by molar-refractivity contribution is 5.82. The number of amides is 2. The second-order valence-electron chi connectivity index (χ2n) is 8.85. The summed E-state index contributed by atoms with van der Waals surface area (Å²) in [5.41, 5.74) is 2.13. The number of halogens is 1. The van der Waals surface area contributed by atoms with Gasteiger partial charge in [-0.05, 0) is 57.2 Å². The number of nitrogens with zero attached hydrogens (tertiary/aromatic N) is 2. The standard InChI is InChI=1S/C24H34FN3O2/c1-18(2)9-13-27-14-10-22(11-15-27)26-24(30)20-4-3-12-28(17-20)23(29)16-19-5-7-21(25)8-6-19/h5-9,20,22H,3-4,10-17H2,1-2H3,(H,26,30). The van der Waals surface area contributed by atoms with Crippen molar-refractivity contribution in [3.8, 4) is 0 Å². The van der Waals surface area contributed by atoms with E-state index in [0.717, 1.165) is 50.9 Å². The molecule has 3 rings (SSSR count). The Kier molecular flexibility index (Phi) is 8.02. The van der Waals surface area contributed by atoms with Crippen LogP contribution in [0.1, 0.15) is 45.1 Å². The third-order valence-corrected chi connectivity index (χ3v) is 6.11. The van der Waals surface area contributed by atoms with Gasteiger partial charge in [0.1, 0.15) is 5.82 Å². The summed E-state index contributed by atoms with van der Waals surface area (Å²) >= 11 is 0. The molecule has 2 aliphatic rings. The smallest absolute Gasteiger partial charge is 0.227 e. The first kappa shape index (κ1) is 22.5. The van der Waals surface area contributed by atoms with Crippen molar-refractivity contribution in [3.05, 3.63) is 47.3 Å². The maximum atomic E-state index is 13.1. The van der Waals surface area contributed by atoms with Crippen LogP contribution in [0.3, 0.4) is 0 Å². The molecule has 1 aromatic rings. The molecule has 0 bridgehead atoms. The molecule has 5 nitrogen and oxygen atoms in total. The van der Waals surface area contributed by atoms with Crippen LogP contribution >= 0.6 is 0 Å². The van der Waals surface area contributed by atoms with E-state index in [1.54, 1.807) is 17.0 Å². The van der Waals surface area contributed by atoms with E-state index in [1.807, 2.05) is 0 Å². The summed E-state index contributed by atoms with van der Waals surface area (Å²) in [7, 11) is 0. The first-order valence-corrected chi connectivity index (χ1v) is 11.1. The van der Waals surface area contributed by atoms with Gasteiger partial charge in [0, 0.05) is 38.8 Å². The van der Waals surface area contributed by atoms with Gasteiger partial charge >= 0.3 is 0 Å². The zero-order valence-corrected chi connectivity index (χ0v) is 18.2. The zero-order valence-electron chi connectivity index (χ0n) is 18.2. The van der Waals surface area contributed by atoms with Crippen molar-refractivity contribution in [1.29, 1.82) is 0 Å². The second kappa shape index (κ2) is 10.7. The number of hydrogen-bond acceptors (Lipinski definition) is 3. The fourth-order valence-electron chi connectivity index (χ4n) is 4.20. The topological polar surface area (TPSA) is 52.7 Å². The van der Waals surface area contributed by atoms with Crippen molar-refractivity contribution < 1.29 is 14.0 Å². The molecule has 0 spiro atoms. The molecule has 164 valence electrons. The van der Waals surface area contributed by atoms with E-state index in [-0.39, 0.29) is 36.0 Å². The van der Waals surface area contributed by atoms with Gasteiger partial charge in [-0.2, -0.15) is 0 Å². The Morgan fingerprint density at radius 2 is 1.80 bits per heavy atom. The number of hydrogen-bond donors (Lipinski definition) is 1. The van der Waals surface area contributed by atoms with Gasteiger partial charge in [0.25, 0.3) is 0 Å². The zero-order chi connectivity index (χ0) is 21.5. The van der Waals surface area contributed by atoms with E-state index in [9.17, 15) is 14.0 Å². The van der Waals surface area contributed by atoms with E-state index < -0.39 is 0 Å². The van der Waals surface area contributed by atoms with Gasteiger partial charge in [0.05, 0.1) is 12.3 Å². The molecule has 0 radical (unpaired) electrons. The number of carbonyl (C=O) groups excluding carboxylic acids is 2. The Bertz CT molecular complexity index is 750. The quantitative estimate of drug-likeness (QED) is 0.726. The Hall–Kier alpha value is -2.21. The SMILES string of the molecule is CC(C)=CCN1CCC(NC(=O)C2CCCN(C(=O)Cc3ccc(F)cc3)C2)CC1. The largest absolute Gasteiger partial charge is 0.353 e. The number of rotatable bonds is 6. The first-order valence-electron chi connectivity index (χ1n) is 11.1. The molecule has 2 saturated heterocycles. The Morgan fingerprint density at radius 1 is 1.10 bits per heavy atom. The van der Waals surface area contributed by atoms with Gasteiger partial charge in [0.2, 0.25) is 11.8 Å². The number of piperidine rings is 2. The minimum Gasteiger partial charge on any atom is -0.353 e. The van der Waals surface area contributed by atoms with Gasteiger partial charge in [0.15, 0.2) is 0 Å². The van der Waals surface area contributed by atoms with Crippen LogP contribution in [-0.4, -0.2) is 60.4 Å². The van der Waals surface area contributed by atoms with Gasteiger partial charge in [-0.1, -0.05) is 23.8 Å². The van der Waals surface area contributed by atoms with Crippen molar-refractivity contribution in [1.82, 2.24) is 15.1 Å². The second-order valence-corrected chi connectivity index (χ2v) is 8.85. The molecule has 1 N–H and O–H groups in total. The summed E-state index contributed by atoms with van der Waals surface area (Å²) in [6, 6.07) is 6.27. The van der Waals surface area contributed by atoms with Gasteiger partial charge < -0.3 is 10.2 Å². The molecule has 6 heteroatoms. The number of allylic oxidation sites excluding steroid dienone is 1. The van der Waals surface area contributed by atoms with E-state index >= 15 is 0 Å². The predicted molar refractivity (Wildman–Crippen MR) is 116 cm³/mol. The highest BCUT2D eigenvalue weighted by atomic mass is 19.1. The lowest BCUT2D eigenvalue weighted by Gasteiger charge is -2.35. The number of likely N-dealkylation sites (tertiary alicyclic amines) is 2. The third kappa shape index (κ3) is 6.66. The van der Waals surface area contributed by atoms with Crippen molar-refractivity contribution in [3.63, 3.8) is 0 Å². The van der Waals surface area contributed by atoms with Crippen molar-refractivity contribution >= 4 is 11.8 Å². The van der Waals surface area contributed by atoms with Crippen molar-refractivity contribution in [2.75, 3.05) is 32.7 Å². The normalized spacial score (nSPS) is 20.6. The lowest BCUT2D eigenvalue weighted by atomic mass is 9.95. The van der Waals surface area contributed by atoms with Crippen LogP contribution in [0.2, 0.25) is 0 Å². The molecule has 0 aromatic heterocycles. The average molecular weight is 416 g/mol. The third-order valence-electron chi connectivity index (χ3n) is 6.11. The van der Waals surface area contributed by atoms with Gasteiger partial charge in [-0.3, -0.25) is 14.5 Å². The van der Waals surface area contributed by atoms with E-state index in [0.29, 0.717) is 13.1 Å². The molecule has 1 unspecified atom stereocenters. The molecule has 1 atom stereocenters. The monoisotopic (exact) mass is 415 g/mol. The molecule has 2 aliphatic heterocycles. The Balaban J connectivity index is 1.44. The highest BCUT2D eigenvalue weighted by Crippen LogP contribution is 2.19. The number of nitrogens with one attached hydrogen (secondary N) is 1. The van der Waals surface area contributed by atoms with E-state index in [4.69, 9.17) is 0 Å². The fourth-order valence-corrected chi connectivity index (χ4v) is 4.20. The van der Waals surface area contributed by atoms with Crippen LogP contribution in [0.4, 0.5) is 4.39 Å². The molecular formula is C24H34FN3O2. The Morgan fingerprint density at radius 3 is 2.47 bits per heavy atom. The minimum absolute atomic E-state index is 0.00619. The van der Waals surface area contributed by atoms with E-state index in [2.05, 4.69) is 30.1 Å². The average Bonchev–Trinajstić information content (AvgIpc) is 2.75. The molecule has 1 aromatic carbocycles. The molecular weight excluding hydrogens is 381 g/mol. The summed E-state index contributed by atoms with van der Waals surface area (Å²) in [5, 5.41) is 3.23. The lowest BCUT2D eigenvalue weighted by Crippen LogP contribution is -2.50. The summed E-state index contributed by atoms with van der Waals surface area (Å²) in [5.74, 6) is -0.355. The van der Waals surface area contributed by atoms with Crippen molar-refractivity contribution in [2.24, 2.45) is 5.92 Å². The summed E-state index contributed by atoms with van der Waals surface area (Å²) in [6.07, 6.45) is 6.11. The lowest BCUT2D eigenvalue weighted by molar-refractivity contribution is -0.135. The molecule has 30 heavy (non-hydrogen) atoms. The summed E-state index contributed by atoms with van der Waals surface area (Å²) in [6.45, 7) is 8.38. The minimum atomic E-state index is -0.302. The van der Waals surface area contributed by atoms with Crippen LogP contribution in [0.15, 0.2) is 35.9 Å². The molecule has 2 fully saturated rings. The summed E-state index contributed by atoms with van der Waals surface area (Å²) < 4.78 is 13.1. The van der Waals surface area contributed by atoms with E-state index in [1.165, 1.54) is 17.7 Å². The van der Waals surface area contributed by atoms with Crippen LogP contribution in [0.25, 0.3) is 0 Å². The van der Waals surface area contributed by atoms with Gasteiger partial charge in [-0.25, -0.2) is 4.39 Å². The number of carbonyl (C=O) groups is 2. The molecule has 2 amide bonds. The fraction of sp³-hybridized carbons (Fsp3) is 0.583. The van der Waals surface area contributed by atoms with Crippen LogP contribution < -0.4 is 5.32 Å². The maximum absolute atomic E-state index is 13.1. The Labute approximate surface area is 179 Å². The van der Waals surface area contributed by atoms with Crippen LogP contribution in [-0.2, 0) is 16.0 Å². The summed E-state index contributed by atoms with van der Waals surface area (Å²) in [4.78, 5) is 29.7. The van der Waals surface area contributed by atoms with Gasteiger partial charge in [-0.15, -0.1) is 0 Å². The first-order chi connectivity index (χ1) is 14.4. The molecule has 0 aliphatic carbocycles.